The minimum atomic E-state index is -1.48. The number of ether oxygens (including phenoxy) is 2. The minimum Gasteiger partial charge on any atom is -0.480 e. The summed E-state index contributed by atoms with van der Waals surface area (Å²) in [4.78, 5) is 19.9. The van der Waals surface area contributed by atoms with Gasteiger partial charge in [0, 0.05) is 0 Å². The van der Waals surface area contributed by atoms with E-state index in [1.807, 2.05) is 0 Å². The molecule has 17 heavy (non-hydrogen) atoms. The normalized spacial score (nSPS) is 13.9. The van der Waals surface area contributed by atoms with E-state index in [1.54, 1.807) is 6.92 Å². The number of nitrogens with zero attached hydrogens (tertiary/aromatic N) is 2. The summed E-state index contributed by atoms with van der Waals surface area (Å²) < 4.78 is 9.84. The first-order chi connectivity index (χ1) is 7.96. The summed E-state index contributed by atoms with van der Waals surface area (Å²) in [7, 11) is 2.81. The third kappa shape index (κ3) is 2.71. The number of Topliss-reactive ketones (excluding diaryl/α,β-unsaturated/α-hetero) is 1. The number of methoxy groups -OCH3 is 2. The molecule has 0 aromatic carbocycles. The lowest BCUT2D eigenvalue weighted by atomic mass is 9.95. The molecule has 0 aliphatic carbocycles. The Bertz CT molecular complexity index is 418. The maximum absolute atomic E-state index is 12.0. The molecule has 1 atom stereocenters. The van der Waals surface area contributed by atoms with E-state index in [4.69, 9.17) is 9.47 Å². The largest absolute Gasteiger partial charge is 0.480 e. The fourth-order valence-corrected chi connectivity index (χ4v) is 1.17. The molecule has 0 aliphatic heterocycles. The standard InChI is InChI=1S/C11H16N2O4/c1-5-11(2,15)9(14)8-10(17-4)13-7(16-3)6-12-8/h6,15H,5H2,1-4H3. The van der Waals surface area contributed by atoms with Crippen molar-refractivity contribution < 1.29 is 19.4 Å². The van der Waals surface area contributed by atoms with Gasteiger partial charge in [0.25, 0.3) is 0 Å². The Hall–Kier alpha value is -1.69. The number of aromatic nitrogens is 2. The molecule has 0 aliphatic rings. The number of hydrogen-bond acceptors (Lipinski definition) is 6. The Morgan fingerprint density at radius 1 is 1.47 bits per heavy atom. The molecule has 0 bridgehead atoms. The van der Waals surface area contributed by atoms with Crippen molar-refractivity contribution >= 4 is 5.78 Å². The summed E-state index contributed by atoms with van der Waals surface area (Å²) in [5.74, 6) is -0.232. The smallest absolute Gasteiger partial charge is 0.246 e. The molecule has 0 fully saturated rings. The Labute approximate surface area is 99.6 Å². The second-order valence-corrected chi connectivity index (χ2v) is 3.73. The van der Waals surface area contributed by atoms with Crippen LogP contribution in [-0.2, 0) is 0 Å². The molecule has 6 heteroatoms. The minimum absolute atomic E-state index is 0.000139. The van der Waals surface area contributed by atoms with Crippen LogP contribution in [0.2, 0.25) is 0 Å². The van der Waals surface area contributed by atoms with Gasteiger partial charge in [0.2, 0.25) is 17.5 Å². The highest BCUT2D eigenvalue weighted by Gasteiger charge is 2.33. The van der Waals surface area contributed by atoms with Crippen LogP contribution >= 0.6 is 0 Å². The fraction of sp³-hybridized carbons (Fsp3) is 0.545. The van der Waals surface area contributed by atoms with E-state index in [9.17, 15) is 9.90 Å². The van der Waals surface area contributed by atoms with Gasteiger partial charge in [0.1, 0.15) is 5.60 Å². The van der Waals surface area contributed by atoms with Crippen LogP contribution in [0.25, 0.3) is 0 Å². The summed E-state index contributed by atoms with van der Waals surface area (Å²) in [6, 6.07) is 0. The fourth-order valence-electron chi connectivity index (χ4n) is 1.17. The number of ketones is 1. The molecule has 0 radical (unpaired) electrons. The molecular weight excluding hydrogens is 224 g/mol. The van der Waals surface area contributed by atoms with Crippen LogP contribution in [-0.4, -0.2) is 40.7 Å². The highest BCUT2D eigenvalue weighted by Crippen LogP contribution is 2.23. The van der Waals surface area contributed by atoms with Crippen LogP contribution < -0.4 is 9.47 Å². The maximum atomic E-state index is 12.0. The van der Waals surface area contributed by atoms with Crippen LogP contribution in [0.1, 0.15) is 30.8 Å². The van der Waals surface area contributed by atoms with Gasteiger partial charge >= 0.3 is 0 Å². The molecule has 0 spiro atoms. The lowest BCUT2D eigenvalue weighted by Gasteiger charge is -2.19. The zero-order valence-corrected chi connectivity index (χ0v) is 10.4. The van der Waals surface area contributed by atoms with E-state index in [0.717, 1.165) is 0 Å². The van der Waals surface area contributed by atoms with Crippen molar-refractivity contribution in [3.63, 3.8) is 0 Å². The molecule has 1 aromatic rings. The van der Waals surface area contributed by atoms with Crippen molar-refractivity contribution in [2.24, 2.45) is 0 Å². The highest BCUT2D eigenvalue weighted by atomic mass is 16.5. The van der Waals surface area contributed by atoms with Crippen molar-refractivity contribution in [3.05, 3.63) is 11.9 Å². The van der Waals surface area contributed by atoms with Crippen molar-refractivity contribution in [2.75, 3.05) is 14.2 Å². The molecule has 0 saturated carbocycles. The predicted molar refractivity (Wildman–Crippen MR) is 60.4 cm³/mol. The van der Waals surface area contributed by atoms with Gasteiger partial charge in [-0.05, 0) is 13.3 Å². The van der Waals surface area contributed by atoms with Gasteiger partial charge in [-0.15, -0.1) is 0 Å². The summed E-state index contributed by atoms with van der Waals surface area (Å²) in [6.07, 6.45) is 1.59. The SMILES string of the molecule is CCC(C)(O)C(=O)c1ncc(OC)nc1OC. The van der Waals surface area contributed by atoms with Crippen molar-refractivity contribution in [1.82, 2.24) is 9.97 Å². The van der Waals surface area contributed by atoms with Crippen LogP contribution in [0.4, 0.5) is 0 Å². The van der Waals surface area contributed by atoms with Crippen molar-refractivity contribution in [2.45, 2.75) is 25.9 Å². The summed E-state index contributed by atoms with van der Waals surface area (Å²) in [5, 5.41) is 9.89. The number of hydrogen-bond donors (Lipinski definition) is 1. The third-order valence-electron chi connectivity index (χ3n) is 2.51. The predicted octanol–water partition coefficient (Wildman–Crippen LogP) is 0.837. The molecule has 1 rings (SSSR count). The lowest BCUT2D eigenvalue weighted by molar-refractivity contribution is 0.0381. The topological polar surface area (TPSA) is 81.5 Å². The van der Waals surface area contributed by atoms with Gasteiger partial charge in [-0.25, -0.2) is 4.98 Å². The molecule has 0 saturated heterocycles. The van der Waals surface area contributed by atoms with Gasteiger partial charge in [-0.3, -0.25) is 4.79 Å². The first-order valence-electron chi connectivity index (χ1n) is 5.18. The van der Waals surface area contributed by atoms with E-state index in [0.29, 0.717) is 0 Å². The van der Waals surface area contributed by atoms with Gasteiger partial charge in [-0.1, -0.05) is 6.92 Å². The Kier molecular flexibility index (Phi) is 4.01. The van der Waals surface area contributed by atoms with E-state index in [1.165, 1.54) is 27.3 Å². The van der Waals surface area contributed by atoms with E-state index < -0.39 is 11.4 Å². The quantitative estimate of drug-likeness (QED) is 0.768. The Morgan fingerprint density at radius 3 is 2.59 bits per heavy atom. The maximum Gasteiger partial charge on any atom is 0.246 e. The molecular formula is C11H16N2O4. The molecule has 1 unspecified atom stereocenters. The zero-order chi connectivity index (χ0) is 13.1. The Balaban J connectivity index is 3.18. The molecule has 6 nitrogen and oxygen atoms in total. The van der Waals surface area contributed by atoms with E-state index in [2.05, 4.69) is 9.97 Å². The molecule has 94 valence electrons. The zero-order valence-electron chi connectivity index (χ0n) is 10.4. The summed E-state index contributed by atoms with van der Waals surface area (Å²) in [5.41, 5.74) is -1.48. The Morgan fingerprint density at radius 2 is 2.12 bits per heavy atom. The first-order valence-corrected chi connectivity index (χ1v) is 5.18. The van der Waals surface area contributed by atoms with Gasteiger partial charge in [-0.2, -0.15) is 4.98 Å². The van der Waals surface area contributed by atoms with Crippen LogP contribution in [0.3, 0.4) is 0 Å². The molecule has 1 N–H and O–H groups in total. The average molecular weight is 240 g/mol. The highest BCUT2D eigenvalue weighted by molar-refractivity contribution is 6.02. The lowest BCUT2D eigenvalue weighted by Crippen LogP contribution is -2.35. The number of carbonyl (C=O) groups excluding carboxylic acids is 1. The second kappa shape index (κ2) is 5.09. The number of aliphatic hydroxyl groups is 1. The van der Waals surface area contributed by atoms with Gasteiger partial charge in [0.15, 0.2) is 5.69 Å². The van der Waals surface area contributed by atoms with Crippen molar-refractivity contribution in [3.8, 4) is 11.8 Å². The average Bonchev–Trinajstić information content (AvgIpc) is 2.36. The summed E-state index contributed by atoms with van der Waals surface area (Å²) >= 11 is 0. The van der Waals surface area contributed by atoms with E-state index in [-0.39, 0.29) is 23.9 Å². The van der Waals surface area contributed by atoms with Gasteiger partial charge < -0.3 is 14.6 Å². The van der Waals surface area contributed by atoms with Crippen molar-refractivity contribution in [1.29, 1.82) is 0 Å². The number of rotatable bonds is 5. The summed E-state index contributed by atoms with van der Waals surface area (Å²) in [6.45, 7) is 3.14. The van der Waals surface area contributed by atoms with E-state index >= 15 is 0 Å². The van der Waals surface area contributed by atoms with Crippen LogP contribution in [0, 0.1) is 0 Å². The monoisotopic (exact) mass is 240 g/mol. The van der Waals surface area contributed by atoms with Crippen LogP contribution in [0.5, 0.6) is 11.8 Å². The first kappa shape index (κ1) is 13.4. The molecule has 1 heterocycles. The molecule has 0 amide bonds. The third-order valence-corrected chi connectivity index (χ3v) is 2.51. The number of carbonyl (C=O) groups is 1. The molecule has 1 aromatic heterocycles. The van der Waals surface area contributed by atoms with Crippen LogP contribution in [0.15, 0.2) is 6.20 Å². The second-order valence-electron chi connectivity index (χ2n) is 3.73. The van der Waals surface area contributed by atoms with Gasteiger partial charge in [0.05, 0.1) is 20.4 Å².